The molecule has 0 radical (unpaired) electrons. The van der Waals surface area contributed by atoms with Gasteiger partial charge in [-0.2, -0.15) is 5.10 Å². The quantitative estimate of drug-likeness (QED) is 0.602. The van der Waals surface area contributed by atoms with Crippen LogP contribution in [-0.2, 0) is 13.6 Å². The Bertz CT molecular complexity index is 396. The second kappa shape index (κ2) is 7.76. The monoisotopic (exact) mass is 266 g/mol. The molecule has 0 fully saturated rings. The number of hydrogen-bond donors (Lipinski definition) is 2. The van der Waals surface area contributed by atoms with Crippen molar-refractivity contribution in [2.24, 2.45) is 18.0 Å². The van der Waals surface area contributed by atoms with E-state index in [1.165, 1.54) is 6.42 Å². The van der Waals surface area contributed by atoms with Crippen LogP contribution < -0.4 is 10.6 Å². The Morgan fingerprint density at radius 2 is 2.11 bits per heavy atom. The first-order valence-corrected chi connectivity index (χ1v) is 6.83. The molecular formula is C13H26N6. The molecule has 1 unspecified atom stereocenters. The highest BCUT2D eigenvalue weighted by Gasteiger charge is 2.07. The Kier molecular flexibility index (Phi) is 6.32. The SMILES string of the molecule is CN=C(NCc1ncnn1C)NC(C)CCC(C)C. The lowest BCUT2D eigenvalue weighted by atomic mass is 10.0. The normalized spacial score (nSPS) is 13.7. The van der Waals surface area contributed by atoms with Crippen molar-refractivity contribution in [3.63, 3.8) is 0 Å². The van der Waals surface area contributed by atoms with Gasteiger partial charge in [0.25, 0.3) is 0 Å². The number of aromatic nitrogens is 3. The van der Waals surface area contributed by atoms with E-state index in [2.05, 4.69) is 46.5 Å². The highest BCUT2D eigenvalue weighted by Crippen LogP contribution is 2.06. The summed E-state index contributed by atoms with van der Waals surface area (Å²) >= 11 is 0. The Balaban J connectivity index is 2.36. The van der Waals surface area contributed by atoms with Crippen LogP contribution in [0.1, 0.15) is 39.4 Å². The van der Waals surface area contributed by atoms with Gasteiger partial charge in [0.1, 0.15) is 12.2 Å². The fraction of sp³-hybridized carbons (Fsp3) is 0.769. The van der Waals surface area contributed by atoms with E-state index in [0.29, 0.717) is 12.6 Å². The molecule has 19 heavy (non-hydrogen) atoms. The van der Waals surface area contributed by atoms with Gasteiger partial charge in [0.2, 0.25) is 0 Å². The molecule has 1 aromatic rings. The van der Waals surface area contributed by atoms with Crippen molar-refractivity contribution >= 4 is 5.96 Å². The van der Waals surface area contributed by atoms with E-state index < -0.39 is 0 Å². The van der Waals surface area contributed by atoms with Crippen LogP contribution in [0.15, 0.2) is 11.3 Å². The van der Waals surface area contributed by atoms with Crippen molar-refractivity contribution in [3.8, 4) is 0 Å². The molecule has 0 aliphatic rings. The maximum absolute atomic E-state index is 4.22. The summed E-state index contributed by atoms with van der Waals surface area (Å²) in [5.41, 5.74) is 0. The zero-order chi connectivity index (χ0) is 14.3. The third kappa shape index (κ3) is 5.72. The largest absolute Gasteiger partial charge is 0.354 e. The Morgan fingerprint density at radius 3 is 2.63 bits per heavy atom. The molecule has 6 heteroatoms. The average Bonchev–Trinajstić information content (AvgIpc) is 2.77. The average molecular weight is 266 g/mol. The summed E-state index contributed by atoms with van der Waals surface area (Å²) in [5, 5.41) is 10.7. The van der Waals surface area contributed by atoms with Gasteiger partial charge in [0, 0.05) is 20.1 Å². The molecule has 2 N–H and O–H groups in total. The van der Waals surface area contributed by atoms with Crippen LogP contribution in [0.5, 0.6) is 0 Å². The topological polar surface area (TPSA) is 67.1 Å². The van der Waals surface area contributed by atoms with Crippen molar-refractivity contribution in [1.29, 1.82) is 0 Å². The minimum Gasteiger partial charge on any atom is -0.354 e. The molecule has 0 aromatic carbocycles. The number of aryl methyl sites for hydroxylation is 1. The van der Waals surface area contributed by atoms with Crippen LogP contribution in [0.4, 0.5) is 0 Å². The van der Waals surface area contributed by atoms with E-state index in [9.17, 15) is 0 Å². The van der Waals surface area contributed by atoms with Crippen molar-refractivity contribution < 1.29 is 0 Å². The Morgan fingerprint density at radius 1 is 1.37 bits per heavy atom. The lowest BCUT2D eigenvalue weighted by molar-refractivity contribution is 0.488. The van der Waals surface area contributed by atoms with Gasteiger partial charge >= 0.3 is 0 Å². The molecule has 0 aliphatic carbocycles. The van der Waals surface area contributed by atoms with Crippen LogP contribution in [0.3, 0.4) is 0 Å². The maximum Gasteiger partial charge on any atom is 0.191 e. The van der Waals surface area contributed by atoms with Crippen molar-refractivity contribution in [1.82, 2.24) is 25.4 Å². The van der Waals surface area contributed by atoms with Crippen molar-refractivity contribution in [2.75, 3.05) is 7.05 Å². The van der Waals surface area contributed by atoms with Gasteiger partial charge < -0.3 is 10.6 Å². The van der Waals surface area contributed by atoms with E-state index in [0.717, 1.165) is 24.1 Å². The fourth-order valence-corrected chi connectivity index (χ4v) is 1.73. The molecule has 0 aliphatic heterocycles. The molecule has 0 bridgehead atoms. The van der Waals surface area contributed by atoms with Crippen LogP contribution in [0, 0.1) is 5.92 Å². The molecule has 0 spiro atoms. The van der Waals surface area contributed by atoms with Crippen LogP contribution in [0.25, 0.3) is 0 Å². The van der Waals surface area contributed by atoms with Crippen molar-refractivity contribution in [3.05, 3.63) is 12.2 Å². The molecule has 1 atom stereocenters. The summed E-state index contributed by atoms with van der Waals surface area (Å²) in [7, 11) is 3.66. The van der Waals surface area contributed by atoms with Gasteiger partial charge in [-0.15, -0.1) is 0 Å². The second-order valence-corrected chi connectivity index (χ2v) is 5.24. The maximum atomic E-state index is 4.22. The molecule has 1 heterocycles. The molecular weight excluding hydrogens is 240 g/mol. The lowest BCUT2D eigenvalue weighted by Crippen LogP contribution is -2.42. The number of guanidine groups is 1. The van der Waals surface area contributed by atoms with E-state index in [-0.39, 0.29) is 0 Å². The predicted molar refractivity (Wildman–Crippen MR) is 77.9 cm³/mol. The van der Waals surface area contributed by atoms with E-state index in [1.54, 1.807) is 18.1 Å². The van der Waals surface area contributed by atoms with Crippen LogP contribution in [-0.4, -0.2) is 33.8 Å². The third-order valence-electron chi connectivity index (χ3n) is 3.00. The highest BCUT2D eigenvalue weighted by atomic mass is 15.3. The molecule has 108 valence electrons. The zero-order valence-electron chi connectivity index (χ0n) is 12.6. The molecule has 1 rings (SSSR count). The minimum atomic E-state index is 0.410. The summed E-state index contributed by atoms with van der Waals surface area (Å²) in [6, 6.07) is 0.410. The fourth-order valence-electron chi connectivity index (χ4n) is 1.73. The standard InChI is InChI=1S/C13H26N6/c1-10(2)6-7-11(3)18-13(14-4)15-8-12-16-9-17-19(12)5/h9-11H,6-8H2,1-5H3,(H2,14,15,18). The summed E-state index contributed by atoms with van der Waals surface area (Å²) in [6.45, 7) is 7.28. The van der Waals surface area contributed by atoms with E-state index in [1.807, 2.05) is 7.05 Å². The second-order valence-electron chi connectivity index (χ2n) is 5.24. The van der Waals surface area contributed by atoms with Gasteiger partial charge in [0.15, 0.2) is 5.96 Å². The molecule has 0 amide bonds. The smallest absolute Gasteiger partial charge is 0.191 e. The van der Waals surface area contributed by atoms with Crippen LogP contribution in [0.2, 0.25) is 0 Å². The van der Waals surface area contributed by atoms with Gasteiger partial charge in [0.05, 0.1) is 6.54 Å². The number of nitrogens with zero attached hydrogens (tertiary/aromatic N) is 4. The summed E-state index contributed by atoms with van der Waals surface area (Å²) < 4.78 is 1.75. The molecule has 1 aromatic heterocycles. The predicted octanol–water partition coefficient (Wildman–Crippen LogP) is 1.30. The van der Waals surface area contributed by atoms with E-state index in [4.69, 9.17) is 0 Å². The van der Waals surface area contributed by atoms with Crippen molar-refractivity contribution in [2.45, 2.75) is 46.2 Å². The molecule has 0 saturated heterocycles. The number of hydrogen-bond acceptors (Lipinski definition) is 3. The molecule has 0 saturated carbocycles. The Labute approximate surface area is 115 Å². The lowest BCUT2D eigenvalue weighted by Gasteiger charge is -2.18. The third-order valence-corrected chi connectivity index (χ3v) is 3.00. The van der Waals surface area contributed by atoms with Gasteiger partial charge in [-0.1, -0.05) is 13.8 Å². The number of aliphatic imine (C=N–C) groups is 1. The Hall–Kier alpha value is -1.59. The number of rotatable bonds is 6. The zero-order valence-corrected chi connectivity index (χ0v) is 12.6. The van der Waals surface area contributed by atoms with Crippen LogP contribution >= 0.6 is 0 Å². The van der Waals surface area contributed by atoms with Gasteiger partial charge in [-0.25, -0.2) is 4.98 Å². The summed E-state index contributed by atoms with van der Waals surface area (Å²) in [4.78, 5) is 8.39. The van der Waals surface area contributed by atoms with Gasteiger partial charge in [-0.3, -0.25) is 9.67 Å². The van der Waals surface area contributed by atoms with Gasteiger partial charge in [-0.05, 0) is 25.7 Å². The molecule has 6 nitrogen and oxygen atoms in total. The minimum absolute atomic E-state index is 0.410. The summed E-state index contributed by atoms with van der Waals surface area (Å²) in [6.07, 6.45) is 3.91. The summed E-state index contributed by atoms with van der Waals surface area (Å²) in [5.74, 6) is 2.43. The number of nitrogens with one attached hydrogen (secondary N) is 2. The first kappa shape index (κ1) is 15.5. The highest BCUT2D eigenvalue weighted by molar-refractivity contribution is 5.79. The first-order chi connectivity index (χ1) is 9.02. The first-order valence-electron chi connectivity index (χ1n) is 6.83. The van der Waals surface area contributed by atoms with E-state index >= 15 is 0 Å².